The Hall–Kier alpha value is -0.380. The molecule has 0 aromatic heterocycles. The minimum atomic E-state index is -0.339. The number of hydrogen-bond acceptors (Lipinski definition) is 2. The predicted molar refractivity (Wildman–Crippen MR) is 74.0 cm³/mol. The number of hydrogen-bond donors (Lipinski definition) is 1. The average Bonchev–Trinajstić information content (AvgIpc) is 2.33. The number of aliphatic hydroxyl groups excluding tert-OH is 1. The lowest BCUT2D eigenvalue weighted by Crippen LogP contribution is -2.37. The molecule has 17 heavy (non-hydrogen) atoms. The molecule has 0 bridgehead atoms. The summed E-state index contributed by atoms with van der Waals surface area (Å²) in [6.45, 7) is 1.16. The van der Waals surface area contributed by atoms with Gasteiger partial charge in [-0.1, -0.05) is 34.5 Å². The molecule has 1 aliphatic rings. The zero-order valence-corrected chi connectivity index (χ0v) is 11.9. The Morgan fingerprint density at radius 1 is 1.35 bits per heavy atom. The van der Waals surface area contributed by atoms with Gasteiger partial charge >= 0.3 is 0 Å². The van der Waals surface area contributed by atoms with Crippen molar-refractivity contribution in [3.8, 4) is 0 Å². The van der Waals surface area contributed by atoms with Crippen LogP contribution < -0.4 is 0 Å². The minimum absolute atomic E-state index is 0.339. The third-order valence-corrected chi connectivity index (χ3v) is 4.20. The zero-order valence-electron chi connectivity index (χ0n) is 10.3. The van der Waals surface area contributed by atoms with Gasteiger partial charge in [0.25, 0.3) is 0 Å². The highest BCUT2D eigenvalue weighted by Crippen LogP contribution is 2.26. The first-order valence-electron chi connectivity index (χ1n) is 6.30. The maximum Gasteiger partial charge on any atom is 0.0805 e. The second kappa shape index (κ2) is 5.98. The van der Waals surface area contributed by atoms with E-state index < -0.39 is 0 Å². The lowest BCUT2D eigenvalue weighted by Gasteiger charge is -2.33. The summed E-state index contributed by atoms with van der Waals surface area (Å²) in [4.78, 5) is 2.38. The van der Waals surface area contributed by atoms with Crippen LogP contribution in [-0.4, -0.2) is 29.6 Å². The Morgan fingerprint density at radius 2 is 2.06 bits per heavy atom. The third kappa shape index (κ3) is 3.54. The monoisotopic (exact) mass is 297 g/mol. The molecule has 2 rings (SSSR count). The molecular weight excluding hydrogens is 278 g/mol. The van der Waals surface area contributed by atoms with E-state index >= 15 is 0 Å². The van der Waals surface area contributed by atoms with E-state index in [1.807, 2.05) is 24.3 Å². The van der Waals surface area contributed by atoms with Crippen molar-refractivity contribution < 1.29 is 5.11 Å². The van der Waals surface area contributed by atoms with Gasteiger partial charge in [-0.3, -0.25) is 0 Å². The summed E-state index contributed by atoms with van der Waals surface area (Å²) in [6, 6.07) is 8.50. The fraction of sp³-hybridized carbons (Fsp3) is 0.571. The third-order valence-electron chi connectivity index (χ3n) is 3.67. The highest BCUT2D eigenvalue weighted by molar-refractivity contribution is 9.10. The molecule has 0 saturated carbocycles. The van der Waals surface area contributed by atoms with Gasteiger partial charge in [-0.2, -0.15) is 0 Å². The topological polar surface area (TPSA) is 23.5 Å². The summed E-state index contributed by atoms with van der Waals surface area (Å²) in [7, 11) is 2.16. The van der Waals surface area contributed by atoms with Crippen LogP contribution in [0.4, 0.5) is 0 Å². The van der Waals surface area contributed by atoms with E-state index in [9.17, 15) is 5.11 Å². The smallest absolute Gasteiger partial charge is 0.0805 e. The van der Waals surface area contributed by atoms with Gasteiger partial charge < -0.3 is 10.0 Å². The first-order valence-corrected chi connectivity index (χ1v) is 7.10. The van der Waals surface area contributed by atoms with Crippen molar-refractivity contribution in [3.05, 3.63) is 34.3 Å². The van der Waals surface area contributed by atoms with Crippen LogP contribution >= 0.6 is 15.9 Å². The number of piperidine rings is 1. The molecule has 0 spiro atoms. The molecule has 1 heterocycles. The molecule has 2 nitrogen and oxygen atoms in total. The van der Waals surface area contributed by atoms with Gasteiger partial charge in [-0.05, 0) is 50.6 Å². The summed E-state index contributed by atoms with van der Waals surface area (Å²) in [5.41, 5.74) is 1.02. The van der Waals surface area contributed by atoms with Crippen molar-refractivity contribution >= 4 is 15.9 Å². The van der Waals surface area contributed by atoms with Crippen LogP contribution in [0.5, 0.6) is 0 Å². The van der Waals surface area contributed by atoms with Gasteiger partial charge in [0.05, 0.1) is 6.10 Å². The molecule has 1 N–H and O–H groups in total. The van der Waals surface area contributed by atoms with Crippen LogP contribution in [0.1, 0.15) is 37.4 Å². The summed E-state index contributed by atoms with van der Waals surface area (Å²) in [5, 5.41) is 10.2. The van der Waals surface area contributed by atoms with Crippen molar-refractivity contribution in [1.29, 1.82) is 0 Å². The molecule has 3 heteroatoms. The maximum absolute atomic E-state index is 10.2. The molecule has 2 atom stereocenters. The lowest BCUT2D eigenvalue weighted by molar-refractivity contribution is 0.0944. The fourth-order valence-electron chi connectivity index (χ4n) is 2.52. The maximum atomic E-state index is 10.2. The average molecular weight is 298 g/mol. The number of nitrogens with zero attached hydrogens (tertiary/aromatic N) is 1. The van der Waals surface area contributed by atoms with E-state index in [0.29, 0.717) is 6.04 Å². The van der Waals surface area contributed by atoms with Crippen molar-refractivity contribution in [3.63, 3.8) is 0 Å². The van der Waals surface area contributed by atoms with E-state index in [0.717, 1.165) is 23.0 Å². The Bertz CT molecular complexity index is 352. The van der Waals surface area contributed by atoms with E-state index in [-0.39, 0.29) is 6.10 Å². The number of likely N-dealkylation sites (tertiary alicyclic amines) is 1. The highest BCUT2D eigenvalue weighted by Gasteiger charge is 2.22. The molecule has 1 aromatic rings. The molecule has 0 unspecified atom stereocenters. The summed E-state index contributed by atoms with van der Waals surface area (Å²) >= 11 is 3.41. The van der Waals surface area contributed by atoms with Gasteiger partial charge in [0.15, 0.2) is 0 Å². The standard InChI is InChI=1S/C14H20BrNO/c1-16-9-3-2-4-13(16)10-14(17)11-5-7-12(15)8-6-11/h5-8,13-14,17H,2-4,9-10H2,1H3/t13-,14+/m1/s1. The van der Waals surface area contributed by atoms with Crippen molar-refractivity contribution in [2.45, 2.75) is 37.8 Å². The molecule has 1 saturated heterocycles. The summed E-state index contributed by atoms with van der Waals surface area (Å²) < 4.78 is 1.06. The number of aliphatic hydroxyl groups is 1. The molecule has 0 radical (unpaired) electrons. The van der Waals surface area contributed by atoms with Gasteiger partial charge in [0.1, 0.15) is 0 Å². The van der Waals surface area contributed by atoms with Crippen LogP contribution in [0.2, 0.25) is 0 Å². The van der Waals surface area contributed by atoms with Gasteiger partial charge in [0.2, 0.25) is 0 Å². The Labute approximate surface area is 112 Å². The van der Waals surface area contributed by atoms with E-state index in [4.69, 9.17) is 0 Å². The van der Waals surface area contributed by atoms with E-state index in [1.165, 1.54) is 19.3 Å². The quantitative estimate of drug-likeness (QED) is 0.925. The largest absolute Gasteiger partial charge is 0.388 e. The fourth-order valence-corrected chi connectivity index (χ4v) is 2.78. The molecule has 1 fully saturated rings. The van der Waals surface area contributed by atoms with Gasteiger partial charge in [-0.15, -0.1) is 0 Å². The molecule has 0 aliphatic carbocycles. The predicted octanol–water partition coefficient (Wildman–Crippen LogP) is 3.36. The van der Waals surface area contributed by atoms with Gasteiger partial charge in [0, 0.05) is 10.5 Å². The molecular formula is C14H20BrNO. The van der Waals surface area contributed by atoms with Crippen molar-refractivity contribution in [2.75, 3.05) is 13.6 Å². The second-order valence-electron chi connectivity index (χ2n) is 4.93. The summed E-state index contributed by atoms with van der Waals surface area (Å²) in [5.74, 6) is 0. The zero-order chi connectivity index (χ0) is 12.3. The lowest BCUT2D eigenvalue weighted by atomic mass is 9.94. The first kappa shape index (κ1) is 13.1. The normalized spacial score (nSPS) is 23.6. The number of halogens is 1. The minimum Gasteiger partial charge on any atom is -0.388 e. The second-order valence-corrected chi connectivity index (χ2v) is 5.85. The Kier molecular flexibility index (Phi) is 4.60. The van der Waals surface area contributed by atoms with Crippen LogP contribution in [0.25, 0.3) is 0 Å². The number of rotatable bonds is 3. The molecule has 94 valence electrons. The Balaban J connectivity index is 1.95. The first-order chi connectivity index (χ1) is 8.16. The Morgan fingerprint density at radius 3 is 2.71 bits per heavy atom. The van der Waals surface area contributed by atoms with Gasteiger partial charge in [-0.25, -0.2) is 0 Å². The van der Waals surface area contributed by atoms with Crippen LogP contribution in [-0.2, 0) is 0 Å². The SMILES string of the molecule is CN1CCCC[C@@H]1C[C@H](O)c1ccc(Br)cc1. The molecule has 1 aromatic carbocycles. The molecule has 0 amide bonds. The van der Waals surface area contributed by atoms with E-state index in [2.05, 4.69) is 27.9 Å². The van der Waals surface area contributed by atoms with Crippen molar-refractivity contribution in [1.82, 2.24) is 4.90 Å². The van der Waals surface area contributed by atoms with Crippen LogP contribution in [0, 0.1) is 0 Å². The van der Waals surface area contributed by atoms with Crippen LogP contribution in [0.15, 0.2) is 28.7 Å². The number of benzene rings is 1. The van der Waals surface area contributed by atoms with Crippen LogP contribution in [0.3, 0.4) is 0 Å². The summed E-state index contributed by atoms with van der Waals surface area (Å²) in [6.07, 6.45) is 4.31. The highest BCUT2D eigenvalue weighted by atomic mass is 79.9. The van der Waals surface area contributed by atoms with E-state index in [1.54, 1.807) is 0 Å². The molecule has 1 aliphatic heterocycles. The van der Waals surface area contributed by atoms with Crippen molar-refractivity contribution in [2.24, 2.45) is 0 Å².